The molecule has 0 unspecified atom stereocenters. The number of amides is 2. The lowest BCUT2D eigenvalue weighted by atomic mass is 10.1. The van der Waals surface area contributed by atoms with E-state index in [0.717, 1.165) is 25.9 Å². The van der Waals surface area contributed by atoms with Crippen molar-refractivity contribution in [1.29, 1.82) is 0 Å². The third-order valence-corrected chi connectivity index (χ3v) is 4.69. The van der Waals surface area contributed by atoms with E-state index in [4.69, 9.17) is 0 Å². The second-order valence-corrected chi connectivity index (χ2v) is 7.40. The molecule has 0 spiro atoms. The minimum Gasteiger partial charge on any atom is -0.325 e. The smallest absolute Gasteiger partial charge is 0.258 e. The van der Waals surface area contributed by atoms with E-state index in [1.807, 2.05) is 13.8 Å². The van der Waals surface area contributed by atoms with Gasteiger partial charge < -0.3 is 10.6 Å². The fourth-order valence-electron chi connectivity index (χ4n) is 3.11. The van der Waals surface area contributed by atoms with Gasteiger partial charge in [-0.1, -0.05) is 20.3 Å². The van der Waals surface area contributed by atoms with Crippen LogP contribution in [0, 0.1) is 0 Å². The Bertz CT molecular complexity index is 797. The van der Waals surface area contributed by atoms with Crippen LogP contribution in [0.25, 0.3) is 0 Å². The molecule has 28 heavy (non-hydrogen) atoms. The standard InChI is InChI=1S/C21H27N5O2/c1-15(2)20-22-12-16(13-23-20)21(28)25-18-8-6-17(7-9-18)24-19(27)14-26-10-4-3-5-11-26/h6-9,12-13,15H,3-5,10-11,14H2,1-2H3,(H,24,27)(H,25,28). The molecular weight excluding hydrogens is 354 g/mol. The van der Waals surface area contributed by atoms with Crippen LogP contribution >= 0.6 is 0 Å². The minimum absolute atomic E-state index is 0.0129. The first-order valence-electron chi connectivity index (χ1n) is 9.77. The van der Waals surface area contributed by atoms with Crippen molar-refractivity contribution in [2.45, 2.75) is 39.0 Å². The first kappa shape index (κ1) is 19.9. The molecule has 0 saturated carbocycles. The van der Waals surface area contributed by atoms with Crippen LogP contribution in [-0.4, -0.2) is 46.3 Å². The number of nitrogens with one attached hydrogen (secondary N) is 2. The summed E-state index contributed by atoms with van der Waals surface area (Å²) >= 11 is 0. The topological polar surface area (TPSA) is 87.2 Å². The normalized spacial score (nSPS) is 14.7. The van der Waals surface area contributed by atoms with Crippen molar-refractivity contribution >= 4 is 23.2 Å². The lowest BCUT2D eigenvalue weighted by molar-refractivity contribution is -0.117. The number of nitrogens with zero attached hydrogens (tertiary/aromatic N) is 3. The molecule has 1 saturated heterocycles. The maximum absolute atomic E-state index is 12.3. The molecule has 1 fully saturated rings. The quantitative estimate of drug-likeness (QED) is 0.802. The van der Waals surface area contributed by atoms with Crippen LogP contribution in [0.1, 0.15) is 55.2 Å². The number of carbonyl (C=O) groups is 2. The monoisotopic (exact) mass is 381 g/mol. The number of anilines is 2. The number of benzene rings is 1. The van der Waals surface area contributed by atoms with Gasteiger partial charge in [0.1, 0.15) is 5.82 Å². The van der Waals surface area contributed by atoms with E-state index in [9.17, 15) is 9.59 Å². The van der Waals surface area contributed by atoms with Crippen molar-refractivity contribution in [3.8, 4) is 0 Å². The molecule has 7 heteroatoms. The van der Waals surface area contributed by atoms with Crippen LogP contribution in [0.5, 0.6) is 0 Å². The third kappa shape index (κ3) is 5.60. The highest BCUT2D eigenvalue weighted by atomic mass is 16.2. The summed E-state index contributed by atoms with van der Waals surface area (Å²) in [7, 11) is 0. The Morgan fingerprint density at radius 1 is 0.964 bits per heavy atom. The van der Waals surface area contributed by atoms with Gasteiger partial charge in [0.25, 0.3) is 5.91 Å². The van der Waals surface area contributed by atoms with Gasteiger partial charge in [-0.25, -0.2) is 9.97 Å². The van der Waals surface area contributed by atoms with Gasteiger partial charge >= 0.3 is 0 Å². The predicted molar refractivity (Wildman–Crippen MR) is 109 cm³/mol. The van der Waals surface area contributed by atoms with Crippen molar-refractivity contribution in [3.63, 3.8) is 0 Å². The molecule has 1 aromatic heterocycles. The van der Waals surface area contributed by atoms with E-state index >= 15 is 0 Å². The molecule has 1 aliphatic rings. The number of likely N-dealkylation sites (tertiary alicyclic amines) is 1. The van der Waals surface area contributed by atoms with E-state index in [-0.39, 0.29) is 17.7 Å². The van der Waals surface area contributed by atoms with E-state index < -0.39 is 0 Å². The molecule has 1 aliphatic heterocycles. The first-order valence-corrected chi connectivity index (χ1v) is 9.77. The number of aromatic nitrogens is 2. The number of hydrogen-bond acceptors (Lipinski definition) is 5. The molecule has 148 valence electrons. The van der Waals surface area contributed by atoms with Crippen molar-refractivity contribution < 1.29 is 9.59 Å². The molecule has 0 atom stereocenters. The van der Waals surface area contributed by atoms with Gasteiger partial charge in [0.05, 0.1) is 12.1 Å². The fourth-order valence-corrected chi connectivity index (χ4v) is 3.11. The highest BCUT2D eigenvalue weighted by molar-refractivity contribution is 6.04. The van der Waals surface area contributed by atoms with Crippen molar-refractivity contribution in [3.05, 3.63) is 48.0 Å². The molecule has 2 heterocycles. The predicted octanol–water partition coefficient (Wildman–Crippen LogP) is 3.28. The maximum Gasteiger partial charge on any atom is 0.258 e. The fraction of sp³-hybridized carbons (Fsp3) is 0.429. The van der Waals surface area contributed by atoms with E-state index in [1.54, 1.807) is 24.3 Å². The first-order chi connectivity index (χ1) is 13.5. The SMILES string of the molecule is CC(C)c1ncc(C(=O)Nc2ccc(NC(=O)CN3CCCCC3)cc2)cn1. The minimum atomic E-state index is -0.266. The molecular formula is C21H27N5O2. The molecule has 7 nitrogen and oxygen atoms in total. The molecule has 0 bridgehead atoms. The molecule has 0 aliphatic carbocycles. The number of hydrogen-bond donors (Lipinski definition) is 2. The average Bonchev–Trinajstić information content (AvgIpc) is 2.70. The summed E-state index contributed by atoms with van der Waals surface area (Å²) in [5, 5.41) is 5.72. The number of carbonyl (C=O) groups excluding carboxylic acids is 2. The van der Waals surface area contributed by atoms with Crippen LogP contribution in [-0.2, 0) is 4.79 Å². The summed E-state index contributed by atoms with van der Waals surface area (Å²) in [6.07, 6.45) is 6.64. The molecule has 0 radical (unpaired) electrons. The summed E-state index contributed by atoms with van der Waals surface area (Å²) < 4.78 is 0. The van der Waals surface area contributed by atoms with Crippen molar-refractivity contribution in [2.24, 2.45) is 0 Å². The van der Waals surface area contributed by atoms with E-state index in [0.29, 0.717) is 29.3 Å². The Hall–Kier alpha value is -2.80. The zero-order valence-corrected chi connectivity index (χ0v) is 16.4. The van der Waals surface area contributed by atoms with Crippen LogP contribution in [0.3, 0.4) is 0 Å². The zero-order valence-electron chi connectivity index (χ0n) is 16.4. The average molecular weight is 381 g/mol. The summed E-state index contributed by atoms with van der Waals surface area (Å²) in [6, 6.07) is 7.08. The highest BCUT2D eigenvalue weighted by Crippen LogP contribution is 2.16. The highest BCUT2D eigenvalue weighted by Gasteiger charge is 2.14. The second kappa shape index (κ2) is 9.41. The Morgan fingerprint density at radius 3 is 2.11 bits per heavy atom. The van der Waals surface area contributed by atoms with E-state index in [2.05, 4.69) is 25.5 Å². The Morgan fingerprint density at radius 2 is 1.54 bits per heavy atom. The van der Waals surface area contributed by atoms with Crippen LogP contribution < -0.4 is 10.6 Å². The number of piperidine rings is 1. The van der Waals surface area contributed by atoms with Crippen LogP contribution in [0.15, 0.2) is 36.7 Å². The van der Waals surface area contributed by atoms with Gasteiger partial charge in [-0.05, 0) is 50.2 Å². The Balaban J connectivity index is 1.52. The van der Waals surface area contributed by atoms with Crippen LogP contribution in [0.4, 0.5) is 11.4 Å². The lowest BCUT2D eigenvalue weighted by Crippen LogP contribution is -2.36. The third-order valence-electron chi connectivity index (χ3n) is 4.69. The molecule has 3 rings (SSSR count). The van der Waals surface area contributed by atoms with Gasteiger partial charge in [-0.2, -0.15) is 0 Å². The van der Waals surface area contributed by atoms with Gasteiger partial charge in [-0.15, -0.1) is 0 Å². The van der Waals surface area contributed by atoms with Crippen molar-refractivity contribution in [1.82, 2.24) is 14.9 Å². The summed E-state index contributed by atoms with van der Waals surface area (Å²) in [5.41, 5.74) is 1.76. The molecule has 2 aromatic rings. The van der Waals surface area contributed by atoms with Gasteiger partial charge in [0.2, 0.25) is 5.91 Å². The Kier molecular flexibility index (Phi) is 6.71. The summed E-state index contributed by atoms with van der Waals surface area (Å²) in [4.78, 5) is 35.1. The molecule has 2 amide bonds. The molecule has 1 aromatic carbocycles. The summed E-state index contributed by atoms with van der Waals surface area (Å²) in [5.74, 6) is 0.647. The van der Waals surface area contributed by atoms with Gasteiger partial charge in [0.15, 0.2) is 0 Å². The second-order valence-electron chi connectivity index (χ2n) is 7.40. The van der Waals surface area contributed by atoms with Crippen molar-refractivity contribution in [2.75, 3.05) is 30.3 Å². The number of rotatable bonds is 6. The lowest BCUT2D eigenvalue weighted by Gasteiger charge is -2.25. The van der Waals surface area contributed by atoms with E-state index in [1.165, 1.54) is 18.8 Å². The maximum atomic E-state index is 12.3. The summed E-state index contributed by atoms with van der Waals surface area (Å²) in [6.45, 7) is 6.40. The van der Waals surface area contributed by atoms with Gasteiger partial charge in [0, 0.05) is 29.7 Å². The molecule has 2 N–H and O–H groups in total. The largest absolute Gasteiger partial charge is 0.325 e. The Labute approximate surface area is 165 Å². The zero-order chi connectivity index (χ0) is 19.9. The van der Waals surface area contributed by atoms with Gasteiger partial charge in [-0.3, -0.25) is 14.5 Å². The van der Waals surface area contributed by atoms with Crippen LogP contribution in [0.2, 0.25) is 0 Å².